The van der Waals surface area contributed by atoms with Gasteiger partial charge in [0.2, 0.25) is 5.91 Å². The number of rotatable bonds is 7. The standard InChI is InChI=1S/C22H18F4N2O4S/c1-15-6-12-18(13-7-15)33(30,31)28(20-5-3-2-4-19(20)23)14-21(29)27-16-8-10-17(11-9-16)32-22(24,25)26/h2-13H,14H2,1H3,(H,27,29). The van der Waals surface area contributed by atoms with E-state index in [9.17, 15) is 30.8 Å². The highest BCUT2D eigenvalue weighted by atomic mass is 32.2. The van der Waals surface area contributed by atoms with Crippen LogP contribution in [-0.2, 0) is 14.8 Å². The number of carbonyl (C=O) groups is 1. The molecule has 174 valence electrons. The van der Waals surface area contributed by atoms with Crippen molar-refractivity contribution in [2.24, 2.45) is 0 Å². The fraction of sp³-hybridized carbons (Fsp3) is 0.136. The van der Waals surface area contributed by atoms with Crippen LogP contribution in [0.25, 0.3) is 0 Å². The molecule has 1 N–H and O–H groups in total. The minimum Gasteiger partial charge on any atom is -0.406 e. The van der Waals surface area contributed by atoms with Gasteiger partial charge >= 0.3 is 6.36 Å². The van der Waals surface area contributed by atoms with Crippen molar-refractivity contribution < 1.29 is 35.5 Å². The molecule has 0 heterocycles. The number of nitrogens with one attached hydrogen (secondary N) is 1. The Morgan fingerprint density at radius 1 is 0.970 bits per heavy atom. The third-order valence-electron chi connectivity index (χ3n) is 4.39. The molecule has 0 spiro atoms. The van der Waals surface area contributed by atoms with Gasteiger partial charge in [0.15, 0.2) is 0 Å². The second-order valence-electron chi connectivity index (χ2n) is 6.90. The second kappa shape index (κ2) is 9.49. The zero-order valence-corrected chi connectivity index (χ0v) is 18.0. The number of hydrogen-bond donors (Lipinski definition) is 1. The average molecular weight is 482 g/mol. The number of sulfonamides is 1. The molecule has 3 aromatic rings. The summed E-state index contributed by atoms with van der Waals surface area (Å²) >= 11 is 0. The first kappa shape index (κ1) is 24.1. The molecule has 0 aromatic heterocycles. The molecule has 3 aromatic carbocycles. The second-order valence-corrected chi connectivity index (χ2v) is 8.76. The van der Waals surface area contributed by atoms with E-state index in [4.69, 9.17) is 0 Å². The number of benzene rings is 3. The number of para-hydroxylation sites is 1. The Morgan fingerprint density at radius 3 is 2.15 bits per heavy atom. The fourth-order valence-corrected chi connectivity index (χ4v) is 4.29. The van der Waals surface area contributed by atoms with E-state index in [1.807, 2.05) is 0 Å². The van der Waals surface area contributed by atoms with Gasteiger partial charge in [0.25, 0.3) is 10.0 Å². The third kappa shape index (κ3) is 6.22. The number of nitrogens with zero attached hydrogens (tertiary/aromatic N) is 1. The lowest BCUT2D eigenvalue weighted by Gasteiger charge is -2.24. The molecule has 33 heavy (non-hydrogen) atoms. The lowest BCUT2D eigenvalue weighted by Crippen LogP contribution is -2.38. The molecular weight excluding hydrogens is 464 g/mol. The monoisotopic (exact) mass is 482 g/mol. The van der Waals surface area contributed by atoms with E-state index in [0.29, 0.717) is 4.31 Å². The molecule has 0 saturated heterocycles. The highest BCUT2D eigenvalue weighted by Crippen LogP contribution is 2.27. The maximum Gasteiger partial charge on any atom is 0.573 e. The van der Waals surface area contributed by atoms with Crippen LogP contribution in [-0.4, -0.2) is 27.2 Å². The lowest BCUT2D eigenvalue weighted by molar-refractivity contribution is -0.274. The highest BCUT2D eigenvalue weighted by molar-refractivity contribution is 7.92. The number of carbonyl (C=O) groups excluding carboxylic acids is 1. The summed E-state index contributed by atoms with van der Waals surface area (Å²) in [4.78, 5) is 12.5. The summed E-state index contributed by atoms with van der Waals surface area (Å²) in [5.41, 5.74) is 0.569. The summed E-state index contributed by atoms with van der Waals surface area (Å²) in [6, 6.07) is 15.2. The van der Waals surface area contributed by atoms with Crippen LogP contribution in [0, 0.1) is 12.7 Å². The van der Waals surface area contributed by atoms with Crippen molar-refractivity contribution in [3.8, 4) is 5.75 Å². The van der Waals surface area contributed by atoms with Gasteiger partial charge in [-0.1, -0.05) is 29.8 Å². The molecular formula is C22H18F4N2O4S. The van der Waals surface area contributed by atoms with Crippen molar-refractivity contribution in [2.75, 3.05) is 16.2 Å². The number of halogens is 4. The lowest BCUT2D eigenvalue weighted by atomic mass is 10.2. The third-order valence-corrected chi connectivity index (χ3v) is 6.16. The molecule has 0 fully saturated rings. The van der Waals surface area contributed by atoms with Gasteiger partial charge in [0.1, 0.15) is 18.1 Å². The summed E-state index contributed by atoms with van der Waals surface area (Å²) in [6.45, 7) is 0.988. The summed E-state index contributed by atoms with van der Waals surface area (Å²) in [5.74, 6) is -2.18. The summed E-state index contributed by atoms with van der Waals surface area (Å²) in [6.07, 6.45) is -4.87. The van der Waals surface area contributed by atoms with E-state index >= 15 is 0 Å². The number of hydrogen-bond acceptors (Lipinski definition) is 4. The highest BCUT2D eigenvalue weighted by Gasteiger charge is 2.31. The van der Waals surface area contributed by atoms with E-state index < -0.39 is 40.4 Å². The van der Waals surface area contributed by atoms with Gasteiger partial charge in [-0.25, -0.2) is 12.8 Å². The Kier molecular flexibility index (Phi) is 6.92. The molecule has 0 radical (unpaired) electrons. The number of anilines is 2. The van der Waals surface area contributed by atoms with Crippen LogP contribution in [0.4, 0.5) is 28.9 Å². The van der Waals surface area contributed by atoms with Crippen molar-refractivity contribution in [2.45, 2.75) is 18.2 Å². The van der Waals surface area contributed by atoms with Gasteiger partial charge in [-0.05, 0) is 55.5 Å². The normalized spacial score (nSPS) is 11.7. The number of amides is 1. The van der Waals surface area contributed by atoms with Crippen molar-refractivity contribution in [1.82, 2.24) is 0 Å². The maximum atomic E-state index is 14.5. The van der Waals surface area contributed by atoms with Gasteiger partial charge in [-0.3, -0.25) is 9.10 Å². The molecule has 0 unspecified atom stereocenters. The number of aryl methyl sites for hydroxylation is 1. The molecule has 0 aliphatic heterocycles. The predicted octanol–water partition coefficient (Wildman–Crippen LogP) is 4.87. The Bertz CT molecular complexity index is 1230. The van der Waals surface area contributed by atoms with Gasteiger partial charge in [-0.2, -0.15) is 0 Å². The molecule has 1 amide bonds. The van der Waals surface area contributed by atoms with Crippen molar-refractivity contribution in [3.05, 3.63) is 84.2 Å². The maximum absolute atomic E-state index is 14.5. The van der Waals surface area contributed by atoms with E-state index in [2.05, 4.69) is 10.1 Å². The van der Waals surface area contributed by atoms with Crippen LogP contribution in [0.1, 0.15) is 5.56 Å². The van der Waals surface area contributed by atoms with Gasteiger partial charge in [0, 0.05) is 5.69 Å². The zero-order chi connectivity index (χ0) is 24.2. The molecule has 0 aliphatic rings. The van der Waals surface area contributed by atoms with Crippen molar-refractivity contribution in [3.63, 3.8) is 0 Å². The molecule has 6 nitrogen and oxygen atoms in total. The predicted molar refractivity (Wildman–Crippen MR) is 114 cm³/mol. The average Bonchev–Trinajstić information content (AvgIpc) is 2.73. The van der Waals surface area contributed by atoms with Gasteiger partial charge in [-0.15, -0.1) is 13.2 Å². The first-order valence-corrected chi connectivity index (χ1v) is 10.9. The summed E-state index contributed by atoms with van der Waals surface area (Å²) < 4.78 is 82.1. The molecule has 0 aliphatic carbocycles. The number of alkyl halides is 3. The topological polar surface area (TPSA) is 75.7 Å². The van der Waals surface area contributed by atoms with Crippen LogP contribution >= 0.6 is 0 Å². The Morgan fingerprint density at radius 2 is 1.58 bits per heavy atom. The first-order valence-electron chi connectivity index (χ1n) is 9.45. The van der Waals surface area contributed by atoms with Crippen LogP contribution in [0.3, 0.4) is 0 Å². The zero-order valence-electron chi connectivity index (χ0n) is 17.1. The van der Waals surface area contributed by atoms with Gasteiger partial charge < -0.3 is 10.1 Å². The molecule has 0 atom stereocenters. The van der Waals surface area contributed by atoms with E-state index in [1.165, 1.54) is 30.3 Å². The summed E-state index contributed by atoms with van der Waals surface area (Å²) in [7, 11) is -4.32. The van der Waals surface area contributed by atoms with Crippen LogP contribution in [0.2, 0.25) is 0 Å². The quantitative estimate of drug-likeness (QED) is 0.488. The van der Waals surface area contributed by atoms with E-state index in [1.54, 1.807) is 19.1 Å². The summed E-state index contributed by atoms with van der Waals surface area (Å²) in [5, 5.41) is 2.38. The van der Waals surface area contributed by atoms with E-state index in [-0.39, 0.29) is 16.3 Å². The van der Waals surface area contributed by atoms with Crippen LogP contribution in [0.15, 0.2) is 77.7 Å². The smallest absolute Gasteiger partial charge is 0.406 e. The Labute approximate surface area is 187 Å². The number of ether oxygens (including phenoxy) is 1. The van der Waals surface area contributed by atoms with Crippen LogP contribution < -0.4 is 14.4 Å². The first-order chi connectivity index (χ1) is 15.5. The SMILES string of the molecule is Cc1ccc(S(=O)(=O)N(CC(=O)Nc2ccc(OC(F)(F)F)cc2)c2ccccc2F)cc1. The Hall–Kier alpha value is -3.60. The minimum atomic E-state index is -4.87. The minimum absolute atomic E-state index is 0.0933. The largest absolute Gasteiger partial charge is 0.573 e. The molecule has 0 saturated carbocycles. The fourth-order valence-electron chi connectivity index (χ4n) is 2.86. The van der Waals surface area contributed by atoms with Crippen molar-refractivity contribution >= 4 is 27.3 Å². The van der Waals surface area contributed by atoms with E-state index in [0.717, 1.165) is 35.9 Å². The Balaban J connectivity index is 1.85. The van der Waals surface area contributed by atoms with Crippen molar-refractivity contribution in [1.29, 1.82) is 0 Å². The molecule has 3 rings (SSSR count). The molecule has 0 bridgehead atoms. The van der Waals surface area contributed by atoms with Gasteiger partial charge in [0.05, 0.1) is 10.6 Å². The molecule has 11 heteroatoms. The van der Waals surface area contributed by atoms with Crippen LogP contribution in [0.5, 0.6) is 5.75 Å².